The number of morpholine rings is 1. The Hall–Kier alpha value is -1.52. The van der Waals surface area contributed by atoms with Gasteiger partial charge in [-0.15, -0.1) is 0 Å². The molecule has 0 unspecified atom stereocenters. The van der Waals surface area contributed by atoms with E-state index in [1.54, 1.807) is 0 Å². The Morgan fingerprint density at radius 3 is 2.55 bits per heavy atom. The van der Waals surface area contributed by atoms with Gasteiger partial charge in [0, 0.05) is 35.9 Å². The van der Waals surface area contributed by atoms with Crippen LogP contribution in [0.4, 0.5) is 5.95 Å². The highest BCUT2D eigenvalue weighted by molar-refractivity contribution is 6.30. The molecule has 0 amide bonds. The van der Waals surface area contributed by atoms with Gasteiger partial charge in [0.1, 0.15) is 0 Å². The maximum Gasteiger partial charge on any atom is 0.206 e. The highest BCUT2D eigenvalue weighted by atomic mass is 35.5. The third kappa shape index (κ3) is 2.50. The zero-order valence-electron chi connectivity index (χ0n) is 12.6. The summed E-state index contributed by atoms with van der Waals surface area (Å²) in [7, 11) is 0. The van der Waals surface area contributed by atoms with E-state index in [1.807, 2.05) is 12.1 Å². The van der Waals surface area contributed by atoms with Gasteiger partial charge in [-0.25, -0.2) is 4.98 Å². The van der Waals surface area contributed by atoms with Crippen molar-refractivity contribution in [2.45, 2.75) is 25.8 Å². The fourth-order valence-corrected chi connectivity index (χ4v) is 3.49. The minimum absolute atomic E-state index is 0.769. The number of rotatable bonds is 2. The Bertz CT molecular complexity index is 659. The van der Waals surface area contributed by atoms with Gasteiger partial charge in [-0.05, 0) is 31.4 Å². The highest BCUT2D eigenvalue weighted by Gasteiger charge is 2.25. The zero-order valence-corrected chi connectivity index (χ0v) is 13.4. The largest absolute Gasteiger partial charge is 0.378 e. The van der Waals surface area contributed by atoms with Crippen LogP contribution in [-0.2, 0) is 17.7 Å². The van der Waals surface area contributed by atoms with Gasteiger partial charge in [0.25, 0.3) is 0 Å². The van der Waals surface area contributed by atoms with E-state index in [0.717, 1.165) is 61.5 Å². The van der Waals surface area contributed by atoms with Gasteiger partial charge < -0.3 is 14.2 Å². The fraction of sp³-hybridized carbons (Fsp3) is 0.471. The first-order chi connectivity index (χ1) is 10.8. The van der Waals surface area contributed by atoms with Crippen molar-refractivity contribution in [3.63, 3.8) is 0 Å². The van der Waals surface area contributed by atoms with Crippen LogP contribution in [0.1, 0.15) is 18.5 Å². The molecule has 1 fully saturated rings. The summed E-state index contributed by atoms with van der Waals surface area (Å²) in [5, 5.41) is 0.769. The molecule has 4 nitrogen and oxygen atoms in total. The number of fused-ring (bicyclic) bond motifs is 1. The Labute approximate surface area is 135 Å². The van der Waals surface area contributed by atoms with Crippen LogP contribution in [0.15, 0.2) is 24.3 Å². The molecule has 0 atom stereocenters. The summed E-state index contributed by atoms with van der Waals surface area (Å²) < 4.78 is 7.89. The van der Waals surface area contributed by atoms with Crippen LogP contribution in [-0.4, -0.2) is 35.9 Å². The third-order valence-corrected chi connectivity index (χ3v) is 4.76. The molecular formula is C17H20ClN3O. The Morgan fingerprint density at radius 1 is 1.00 bits per heavy atom. The lowest BCUT2D eigenvalue weighted by atomic mass is 10.0. The molecule has 116 valence electrons. The van der Waals surface area contributed by atoms with Crippen molar-refractivity contribution in [1.29, 1.82) is 0 Å². The maximum atomic E-state index is 6.02. The van der Waals surface area contributed by atoms with Crippen molar-refractivity contribution in [2.75, 3.05) is 31.2 Å². The molecule has 2 aromatic rings. The lowest BCUT2D eigenvalue weighted by Crippen LogP contribution is -2.38. The summed E-state index contributed by atoms with van der Waals surface area (Å²) in [6.45, 7) is 4.51. The molecule has 22 heavy (non-hydrogen) atoms. The lowest BCUT2D eigenvalue weighted by molar-refractivity contribution is 0.121. The zero-order chi connectivity index (χ0) is 14.9. The predicted molar refractivity (Wildman–Crippen MR) is 88.6 cm³/mol. The second-order valence-corrected chi connectivity index (χ2v) is 6.36. The minimum Gasteiger partial charge on any atom is -0.378 e. The van der Waals surface area contributed by atoms with Gasteiger partial charge in [-0.1, -0.05) is 23.7 Å². The number of benzene rings is 1. The maximum absolute atomic E-state index is 6.02. The molecule has 0 bridgehead atoms. The number of anilines is 1. The van der Waals surface area contributed by atoms with Crippen LogP contribution in [0.3, 0.4) is 0 Å². The quantitative estimate of drug-likeness (QED) is 0.850. The first kappa shape index (κ1) is 14.1. The molecule has 0 spiro atoms. The van der Waals surface area contributed by atoms with Crippen LogP contribution in [0.2, 0.25) is 5.02 Å². The molecule has 5 heteroatoms. The number of ether oxygens (including phenoxy) is 1. The first-order valence-electron chi connectivity index (χ1n) is 8.01. The number of hydrogen-bond acceptors (Lipinski definition) is 3. The average molecular weight is 318 g/mol. The van der Waals surface area contributed by atoms with Gasteiger partial charge >= 0.3 is 0 Å². The van der Waals surface area contributed by atoms with E-state index in [2.05, 4.69) is 21.6 Å². The Morgan fingerprint density at radius 2 is 1.77 bits per heavy atom. The van der Waals surface area contributed by atoms with Crippen molar-refractivity contribution >= 4 is 17.5 Å². The fourth-order valence-electron chi connectivity index (χ4n) is 3.37. The monoisotopic (exact) mass is 317 g/mol. The Kier molecular flexibility index (Phi) is 3.80. The predicted octanol–water partition coefficient (Wildman–Crippen LogP) is 3.38. The van der Waals surface area contributed by atoms with E-state index in [4.69, 9.17) is 21.3 Å². The molecule has 4 rings (SSSR count). The van der Waals surface area contributed by atoms with Crippen LogP contribution in [0.25, 0.3) is 11.3 Å². The van der Waals surface area contributed by atoms with Crippen LogP contribution < -0.4 is 4.90 Å². The standard InChI is InChI=1S/C17H20ClN3O/c18-14-6-4-13(5-7-14)16-15-3-1-2-8-21(15)17(19-16)20-9-11-22-12-10-20/h4-7H,1-3,8-12H2. The summed E-state index contributed by atoms with van der Waals surface area (Å²) in [5.74, 6) is 1.11. The van der Waals surface area contributed by atoms with E-state index >= 15 is 0 Å². The SMILES string of the molecule is Clc1ccc(-c2nc(N3CCOCC3)n3c2CCCC3)cc1. The number of imidazole rings is 1. The molecule has 1 saturated heterocycles. The molecule has 0 N–H and O–H groups in total. The summed E-state index contributed by atoms with van der Waals surface area (Å²) in [6.07, 6.45) is 3.59. The van der Waals surface area contributed by atoms with E-state index in [9.17, 15) is 0 Å². The second-order valence-electron chi connectivity index (χ2n) is 5.92. The smallest absolute Gasteiger partial charge is 0.206 e. The summed E-state index contributed by atoms with van der Waals surface area (Å²) in [5.41, 5.74) is 3.66. The molecule has 1 aromatic carbocycles. The van der Waals surface area contributed by atoms with Crippen molar-refractivity contribution in [1.82, 2.24) is 9.55 Å². The topological polar surface area (TPSA) is 30.3 Å². The number of nitrogens with zero attached hydrogens (tertiary/aromatic N) is 3. The van der Waals surface area contributed by atoms with Gasteiger partial charge in [-0.3, -0.25) is 0 Å². The average Bonchev–Trinajstić information content (AvgIpc) is 2.96. The molecule has 3 heterocycles. The van der Waals surface area contributed by atoms with Crippen molar-refractivity contribution < 1.29 is 4.74 Å². The minimum atomic E-state index is 0.769. The first-order valence-corrected chi connectivity index (χ1v) is 8.39. The molecule has 0 saturated carbocycles. The number of halogens is 1. The van der Waals surface area contributed by atoms with Crippen molar-refractivity contribution in [3.05, 3.63) is 35.0 Å². The molecule has 0 radical (unpaired) electrons. The van der Waals surface area contributed by atoms with Gasteiger partial charge in [0.05, 0.1) is 18.9 Å². The number of aromatic nitrogens is 2. The van der Waals surface area contributed by atoms with Gasteiger partial charge in [-0.2, -0.15) is 0 Å². The molecular weight excluding hydrogens is 298 g/mol. The van der Waals surface area contributed by atoms with Crippen molar-refractivity contribution in [2.24, 2.45) is 0 Å². The molecule has 1 aromatic heterocycles. The molecule has 0 aliphatic carbocycles. The van der Waals surface area contributed by atoms with E-state index in [1.165, 1.54) is 18.5 Å². The molecule has 2 aliphatic heterocycles. The van der Waals surface area contributed by atoms with Crippen molar-refractivity contribution in [3.8, 4) is 11.3 Å². The molecule has 2 aliphatic rings. The Balaban J connectivity index is 1.78. The summed E-state index contributed by atoms with van der Waals surface area (Å²) in [6, 6.07) is 8.03. The normalized spacial score (nSPS) is 18.3. The van der Waals surface area contributed by atoms with E-state index in [-0.39, 0.29) is 0 Å². The van der Waals surface area contributed by atoms with E-state index < -0.39 is 0 Å². The summed E-state index contributed by atoms with van der Waals surface area (Å²) >= 11 is 6.02. The van der Waals surface area contributed by atoms with Gasteiger partial charge in [0.15, 0.2) is 0 Å². The summed E-state index contributed by atoms with van der Waals surface area (Å²) in [4.78, 5) is 7.36. The van der Waals surface area contributed by atoms with Gasteiger partial charge in [0.2, 0.25) is 5.95 Å². The number of hydrogen-bond donors (Lipinski definition) is 0. The third-order valence-electron chi connectivity index (χ3n) is 4.51. The van der Waals surface area contributed by atoms with Crippen LogP contribution in [0.5, 0.6) is 0 Å². The van der Waals surface area contributed by atoms with Crippen LogP contribution in [0, 0.1) is 0 Å². The highest BCUT2D eigenvalue weighted by Crippen LogP contribution is 2.33. The van der Waals surface area contributed by atoms with Crippen LogP contribution >= 0.6 is 11.6 Å². The second kappa shape index (κ2) is 5.94. The lowest BCUT2D eigenvalue weighted by Gasteiger charge is -2.29. The van der Waals surface area contributed by atoms with E-state index in [0.29, 0.717) is 0 Å².